The van der Waals surface area contributed by atoms with Crippen LogP contribution < -0.4 is 32.7 Å². The van der Waals surface area contributed by atoms with Gasteiger partial charge in [0, 0.05) is 44.7 Å². The van der Waals surface area contributed by atoms with Crippen molar-refractivity contribution >= 4 is 41.3 Å². The minimum Gasteiger partial charge on any atom is -0.469 e. The van der Waals surface area contributed by atoms with E-state index in [1.54, 1.807) is 30.9 Å². The molecule has 2 unspecified atom stereocenters. The number of carbonyl (C=O) groups is 6. The van der Waals surface area contributed by atoms with Gasteiger partial charge in [-0.1, -0.05) is 32.9 Å². The summed E-state index contributed by atoms with van der Waals surface area (Å²) in [5.74, 6) is -3.01. The molecule has 0 aromatic heterocycles. The van der Waals surface area contributed by atoms with Crippen molar-refractivity contribution in [3.05, 3.63) is 29.8 Å². The minimum absolute atomic E-state index is 0.0750. The van der Waals surface area contributed by atoms with Gasteiger partial charge < -0.3 is 37.1 Å². The van der Waals surface area contributed by atoms with Crippen LogP contribution in [0.2, 0.25) is 0 Å². The molecule has 1 heterocycles. The van der Waals surface area contributed by atoms with Crippen molar-refractivity contribution in [2.75, 3.05) is 32.1 Å². The number of anilines is 1. The first kappa shape index (κ1) is 36.0. The quantitative estimate of drug-likeness (QED) is 0.120. The number of nitrogens with two attached hydrogens (primary N) is 2. The molecule has 1 saturated heterocycles. The molecule has 8 N–H and O–H groups in total. The molecular weight excluding hydrogens is 570 g/mol. The van der Waals surface area contributed by atoms with E-state index in [1.165, 1.54) is 7.11 Å². The van der Waals surface area contributed by atoms with Gasteiger partial charge in [0.2, 0.25) is 23.6 Å². The highest BCUT2D eigenvalue weighted by molar-refractivity contribution is 6.00. The predicted molar refractivity (Wildman–Crippen MR) is 164 cm³/mol. The van der Waals surface area contributed by atoms with Crippen molar-refractivity contribution in [2.45, 2.75) is 71.5 Å². The van der Waals surface area contributed by atoms with Gasteiger partial charge in [-0.3, -0.25) is 29.3 Å². The molecule has 1 aromatic carbocycles. The van der Waals surface area contributed by atoms with Crippen LogP contribution in [0.15, 0.2) is 24.3 Å². The predicted octanol–water partition coefficient (Wildman–Crippen LogP) is 0.596. The van der Waals surface area contributed by atoms with Crippen LogP contribution in [0.5, 0.6) is 0 Å². The zero-order valence-corrected chi connectivity index (χ0v) is 26.0. The number of amides is 6. The first-order valence-corrected chi connectivity index (χ1v) is 14.9. The molecule has 1 fully saturated rings. The Kier molecular flexibility index (Phi) is 14.6. The number of carbonyl (C=O) groups excluding carboxylic acids is 6. The molecule has 0 saturated carbocycles. The standard InChI is InChI=1S/C30H47N7O7/c1-18(2)26(28(41)35-24(38)11-12-25(39)37-15-13-22(19(3)17-37)29(42)44-4)36-27(40)23(6-5-14-33-30(32)43)34-21-9-7-20(16-31)8-10-21/h7-10,18-19,22-23,26,34H,5-6,11-17,31H2,1-4H3,(H,36,40)(H3,32,33,43)(H,35,38,41)/t19?,22?,23-,26-/m0/s1. The maximum absolute atomic E-state index is 13.4. The topological polar surface area (TPSA) is 215 Å². The molecule has 2 rings (SSSR count). The van der Waals surface area contributed by atoms with Crippen molar-refractivity contribution in [1.82, 2.24) is 20.9 Å². The molecule has 1 aliphatic rings. The zero-order chi connectivity index (χ0) is 32.8. The number of urea groups is 1. The van der Waals surface area contributed by atoms with Crippen LogP contribution >= 0.6 is 0 Å². The number of ether oxygens (including phenoxy) is 1. The molecular formula is C30H47N7O7. The van der Waals surface area contributed by atoms with E-state index in [2.05, 4.69) is 21.3 Å². The van der Waals surface area contributed by atoms with Crippen LogP contribution in [-0.2, 0) is 35.3 Å². The van der Waals surface area contributed by atoms with E-state index < -0.39 is 35.8 Å². The summed E-state index contributed by atoms with van der Waals surface area (Å²) in [5, 5.41) is 10.7. The fraction of sp³-hybridized carbons (Fsp3) is 0.600. The van der Waals surface area contributed by atoms with Crippen molar-refractivity contribution < 1.29 is 33.5 Å². The lowest BCUT2D eigenvalue weighted by atomic mass is 9.87. The fourth-order valence-electron chi connectivity index (χ4n) is 5.04. The molecule has 0 bridgehead atoms. The Morgan fingerprint density at radius 2 is 1.73 bits per heavy atom. The van der Waals surface area contributed by atoms with Crippen LogP contribution in [0.3, 0.4) is 0 Å². The first-order valence-electron chi connectivity index (χ1n) is 14.9. The highest BCUT2D eigenvalue weighted by Gasteiger charge is 2.34. The number of imide groups is 1. The molecule has 244 valence electrons. The van der Waals surface area contributed by atoms with E-state index >= 15 is 0 Å². The van der Waals surface area contributed by atoms with Gasteiger partial charge >= 0.3 is 12.0 Å². The molecule has 0 spiro atoms. The second-order valence-corrected chi connectivity index (χ2v) is 11.4. The zero-order valence-electron chi connectivity index (χ0n) is 26.0. The van der Waals surface area contributed by atoms with Gasteiger partial charge in [-0.25, -0.2) is 4.79 Å². The summed E-state index contributed by atoms with van der Waals surface area (Å²) in [6.07, 6.45) is 0.926. The molecule has 1 aromatic rings. The number of methoxy groups -OCH3 is 1. The molecule has 14 heteroatoms. The largest absolute Gasteiger partial charge is 0.469 e. The van der Waals surface area contributed by atoms with Gasteiger partial charge in [-0.2, -0.15) is 0 Å². The summed E-state index contributed by atoms with van der Waals surface area (Å²) < 4.78 is 4.83. The SMILES string of the molecule is COC(=O)C1CCN(C(=O)CCC(=O)NC(=O)[C@@H](NC(=O)[C@H](CCCNC(N)=O)Nc2ccc(CN)cc2)C(C)C)CC1C. The van der Waals surface area contributed by atoms with Crippen LogP contribution in [0.4, 0.5) is 10.5 Å². The van der Waals surface area contributed by atoms with Crippen molar-refractivity contribution in [2.24, 2.45) is 29.2 Å². The van der Waals surface area contributed by atoms with E-state index in [0.29, 0.717) is 44.6 Å². The smallest absolute Gasteiger partial charge is 0.312 e. The van der Waals surface area contributed by atoms with Gasteiger partial charge in [-0.05, 0) is 48.8 Å². The summed E-state index contributed by atoms with van der Waals surface area (Å²) in [5.41, 5.74) is 12.4. The Hall–Kier alpha value is -4.20. The molecule has 1 aliphatic heterocycles. The number of hydrogen-bond donors (Lipinski definition) is 6. The Balaban J connectivity index is 1.96. The average Bonchev–Trinajstić information content (AvgIpc) is 2.99. The number of likely N-dealkylation sites (tertiary alicyclic amines) is 1. The van der Waals surface area contributed by atoms with Gasteiger partial charge in [0.1, 0.15) is 12.1 Å². The molecule has 6 amide bonds. The van der Waals surface area contributed by atoms with E-state index in [9.17, 15) is 28.8 Å². The van der Waals surface area contributed by atoms with Crippen LogP contribution in [-0.4, -0.2) is 79.4 Å². The van der Waals surface area contributed by atoms with E-state index in [-0.39, 0.29) is 49.0 Å². The normalized spacial score (nSPS) is 17.6. The third-order valence-electron chi connectivity index (χ3n) is 7.65. The monoisotopic (exact) mass is 617 g/mol. The lowest BCUT2D eigenvalue weighted by Crippen LogP contribution is -2.54. The maximum Gasteiger partial charge on any atom is 0.312 e. The molecule has 44 heavy (non-hydrogen) atoms. The third kappa shape index (κ3) is 11.5. The Morgan fingerprint density at radius 1 is 1.05 bits per heavy atom. The number of benzene rings is 1. The van der Waals surface area contributed by atoms with Crippen molar-refractivity contribution in [3.63, 3.8) is 0 Å². The van der Waals surface area contributed by atoms with Gasteiger partial charge in [0.15, 0.2) is 0 Å². The summed E-state index contributed by atoms with van der Waals surface area (Å²) >= 11 is 0. The first-order chi connectivity index (χ1) is 20.9. The molecule has 14 nitrogen and oxygen atoms in total. The lowest BCUT2D eigenvalue weighted by Gasteiger charge is -2.35. The van der Waals surface area contributed by atoms with E-state index in [1.807, 2.05) is 19.1 Å². The van der Waals surface area contributed by atoms with E-state index in [4.69, 9.17) is 16.2 Å². The minimum atomic E-state index is -1.02. The summed E-state index contributed by atoms with van der Waals surface area (Å²) in [6, 6.07) is 4.79. The van der Waals surface area contributed by atoms with Crippen LogP contribution in [0.25, 0.3) is 0 Å². The van der Waals surface area contributed by atoms with Crippen molar-refractivity contribution in [1.29, 1.82) is 0 Å². The highest BCUT2D eigenvalue weighted by Crippen LogP contribution is 2.25. The van der Waals surface area contributed by atoms with Gasteiger partial charge in [-0.15, -0.1) is 0 Å². The fourth-order valence-corrected chi connectivity index (χ4v) is 5.04. The summed E-state index contributed by atoms with van der Waals surface area (Å²) in [6.45, 7) is 6.75. The van der Waals surface area contributed by atoms with Crippen LogP contribution in [0, 0.1) is 17.8 Å². The van der Waals surface area contributed by atoms with Crippen molar-refractivity contribution in [3.8, 4) is 0 Å². The lowest BCUT2D eigenvalue weighted by molar-refractivity contribution is -0.151. The second kappa shape index (κ2) is 17.8. The van der Waals surface area contributed by atoms with Gasteiger partial charge in [0.25, 0.3) is 0 Å². The number of rotatable bonds is 15. The second-order valence-electron chi connectivity index (χ2n) is 11.4. The number of nitrogens with zero attached hydrogens (tertiary/aromatic N) is 1. The molecule has 0 aliphatic carbocycles. The summed E-state index contributed by atoms with van der Waals surface area (Å²) in [7, 11) is 1.34. The Morgan fingerprint density at radius 3 is 2.30 bits per heavy atom. The Labute approximate surface area is 258 Å². The third-order valence-corrected chi connectivity index (χ3v) is 7.65. The highest BCUT2D eigenvalue weighted by atomic mass is 16.5. The maximum atomic E-state index is 13.4. The number of esters is 1. The number of piperidine rings is 1. The molecule has 0 radical (unpaired) electrons. The summed E-state index contributed by atoms with van der Waals surface area (Å²) in [4.78, 5) is 76.3. The molecule has 4 atom stereocenters. The number of primary amides is 1. The van der Waals surface area contributed by atoms with E-state index in [0.717, 1.165) is 5.56 Å². The Bertz CT molecular complexity index is 1160. The number of hydrogen-bond acceptors (Lipinski definition) is 9. The van der Waals surface area contributed by atoms with Gasteiger partial charge in [0.05, 0.1) is 13.0 Å². The average molecular weight is 618 g/mol. The number of nitrogens with one attached hydrogen (secondary N) is 4. The van der Waals surface area contributed by atoms with Crippen LogP contribution in [0.1, 0.15) is 58.4 Å².